The molecule has 2 N–H and O–H groups in total. The molecular weight excluding hydrogens is 407 g/mol. The fraction of sp³-hybridized carbons (Fsp3) is 0.125. The minimum atomic E-state index is 0. The van der Waals surface area contributed by atoms with E-state index in [4.69, 9.17) is 5.73 Å². The number of hydrogen-bond donors (Lipinski definition) is 1. The highest BCUT2D eigenvalue weighted by Crippen LogP contribution is 2.16. The van der Waals surface area contributed by atoms with E-state index < -0.39 is 0 Å². The number of nitrogens with two attached hydrogens (primary N) is 1. The maximum atomic E-state index is 5.98. The Hall–Kier alpha value is -1.67. The van der Waals surface area contributed by atoms with Crippen LogP contribution >= 0.6 is 35.3 Å². The Bertz CT molecular complexity index is 703. The lowest BCUT2D eigenvalue weighted by Gasteiger charge is -2.03. The number of hydrogen-bond acceptors (Lipinski definition) is 3. The zero-order valence-corrected chi connectivity index (χ0v) is 15.1. The number of aryl methyl sites for hydroxylation is 2. The third-order valence-corrected chi connectivity index (χ3v) is 4.07. The number of rotatable bonds is 5. The van der Waals surface area contributed by atoms with Crippen LogP contribution in [0.25, 0.3) is 0 Å². The molecule has 4 nitrogen and oxygen atoms in total. The maximum Gasteiger partial charge on any atom is 0.141 e. The summed E-state index contributed by atoms with van der Waals surface area (Å²) >= 11 is 1.60. The molecule has 0 saturated heterocycles. The highest BCUT2D eigenvalue weighted by Gasteiger charge is 2.00. The van der Waals surface area contributed by atoms with Crippen molar-refractivity contribution in [1.82, 2.24) is 9.55 Å². The van der Waals surface area contributed by atoms with Gasteiger partial charge in [-0.25, -0.2) is 9.98 Å². The van der Waals surface area contributed by atoms with Crippen molar-refractivity contribution in [3.8, 4) is 0 Å². The Balaban J connectivity index is 0.00000176. The largest absolute Gasteiger partial charge is 0.383 e. The molecule has 0 radical (unpaired) electrons. The van der Waals surface area contributed by atoms with Gasteiger partial charge in [0.15, 0.2) is 0 Å². The fourth-order valence-corrected chi connectivity index (χ4v) is 2.66. The summed E-state index contributed by atoms with van der Waals surface area (Å²) in [5.74, 6) is 0.566. The Morgan fingerprint density at radius 3 is 2.68 bits per heavy atom. The molecule has 0 atom stereocenters. The Kier molecular flexibility index (Phi) is 6.14. The summed E-state index contributed by atoms with van der Waals surface area (Å²) in [5.41, 5.74) is 8.14. The van der Waals surface area contributed by atoms with Gasteiger partial charge in [-0.1, -0.05) is 18.2 Å². The van der Waals surface area contributed by atoms with Gasteiger partial charge in [0.1, 0.15) is 5.84 Å². The topological polar surface area (TPSA) is 56.2 Å². The van der Waals surface area contributed by atoms with Gasteiger partial charge in [-0.15, -0.1) is 35.3 Å². The third kappa shape index (κ3) is 4.41. The van der Waals surface area contributed by atoms with Crippen molar-refractivity contribution in [2.75, 3.05) is 0 Å². The molecule has 0 unspecified atom stereocenters. The van der Waals surface area contributed by atoms with E-state index >= 15 is 0 Å². The second-order valence-electron chi connectivity index (χ2n) is 4.69. The van der Waals surface area contributed by atoms with E-state index in [0.717, 1.165) is 23.5 Å². The SMILES string of the molecule is I.NC(=Nc1ccc(CCn2ccnc2)cc1)c1cccs1. The molecule has 114 valence electrons. The average Bonchev–Trinajstić information content (AvgIpc) is 3.20. The first kappa shape index (κ1) is 16.7. The number of aliphatic imine (C=N–C) groups is 1. The number of aromatic nitrogens is 2. The van der Waals surface area contributed by atoms with Crippen LogP contribution in [-0.2, 0) is 13.0 Å². The molecule has 1 aromatic carbocycles. The number of benzene rings is 1. The van der Waals surface area contributed by atoms with Crippen LogP contribution in [0, 0.1) is 0 Å². The van der Waals surface area contributed by atoms with E-state index in [1.165, 1.54) is 5.56 Å². The van der Waals surface area contributed by atoms with Crippen molar-refractivity contribution in [3.63, 3.8) is 0 Å². The van der Waals surface area contributed by atoms with Crippen molar-refractivity contribution in [2.24, 2.45) is 10.7 Å². The van der Waals surface area contributed by atoms with Crippen LogP contribution in [0.2, 0.25) is 0 Å². The quantitative estimate of drug-likeness (QED) is 0.385. The highest BCUT2D eigenvalue weighted by atomic mass is 127. The first-order valence-corrected chi connectivity index (χ1v) is 7.62. The first-order valence-electron chi connectivity index (χ1n) is 6.74. The first-order chi connectivity index (χ1) is 10.3. The summed E-state index contributed by atoms with van der Waals surface area (Å²) in [4.78, 5) is 9.48. The van der Waals surface area contributed by atoms with E-state index in [1.807, 2.05) is 42.2 Å². The maximum absolute atomic E-state index is 5.98. The molecule has 3 rings (SSSR count). The Morgan fingerprint density at radius 2 is 2.05 bits per heavy atom. The van der Waals surface area contributed by atoms with Crippen LogP contribution < -0.4 is 5.73 Å². The molecule has 0 amide bonds. The van der Waals surface area contributed by atoms with Crippen LogP contribution in [0.15, 0.2) is 65.5 Å². The lowest BCUT2D eigenvalue weighted by molar-refractivity contribution is 0.696. The van der Waals surface area contributed by atoms with Crippen molar-refractivity contribution in [3.05, 3.63) is 70.9 Å². The molecular formula is C16H17IN4S. The van der Waals surface area contributed by atoms with E-state index in [9.17, 15) is 0 Å². The standard InChI is InChI=1S/C16H16N4S.HI/c17-16(15-2-1-11-21-15)19-14-5-3-13(4-6-14)7-9-20-10-8-18-12-20;/h1-6,8,10-12H,7,9H2,(H2,17,19);1H. The van der Waals surface area contributed by atoms with Gasteiger partial charge < -0.3 is 10.3 Å². The van der Waals surface area contributed by atoms with Gasteiger partial charge in [-0.3, -0.25) is 0 Å². The lowest BCUT2D eigenvalue weighted by atomic mass is 10.1. The molecule has 2 aromatic heterocycles. The molecule has 0 saturated carbocycles. The van der Waals surface area contributed by atoms with Gasteiger partial charge in [0.25, 0.3) is 0 Å². The summed E-state index contributed by atoms with van der Waals surface area (Å²) in [7, 11) is 0. The number of thiophene rings is 1. The molecule has 0 spiro atoms. The van der Waals surface area contributed by atoms with Gasteiger partial charge in [0.2, 0.25) is 0 Å². The van der Waals surface area contributed by atoms with Crippen LogP contribution in [0.4, 0.5) is 5.69 Å². The zero-order chi connectivity index (χ0) is 14.5. The summed E-state index contributed by atoms with van der Waals surface area (Å²) in [6, 6.07) is 12.1. The molecule has 22 heavy (non-hydrogen) atoms. The van der Waals surface area contributed by atoms with Crippen LogP contribution in [0.1, 0.15) is 10.4 Å². The number of imidazole rings is 1. The fourth-order valence-electron chi connectivity index (χ4n) is 2.03. The third-order valence-electron chi connectivity index (χ3n) is 3.18. The smallest absolute Gasteiger partial charge is 0.141 e. The van der Waals surface area contributed by atoms with Gasteiger partial charge in [-0.05, 0) is 35.6 Å². The van der Waals surface area contributed by atoms with Crippen LogP contribution in [0.5, 0.6) is 0 Å². The lowest BCUT2D eigenvalue weighted by Crippen LogP contribution is -2.10. The van der Waals surface area contributed by atoms with Crippen molar-refractivity contribution in [2.45, 2.75) is 13.0 Å². The van der Waals surface area contributed by atoms with E-state index in [0.29, 0.717) is 5.84 Å². The molecule has 0 aliphatic carbocycles. The Morgan fingerprint density at radius 1 is 1.23 bits per heavy atom. The van der Waals surface area contributed by atoms with Gasteiger partial charge in [-0.2, -0.15) is 0 Å². The highest BCUT2D eigenvalue weighted by molar-refractivity contribution is 14.0. The van der Waals surface area contributed by atoms with E-state index in [-0.39, 0.29) is 24.0 Å². The molecule has 2 heterocycles. The van der Waals surface area contributed by atoms with Crippen molar-refractivity contribution < 1.29 is 0 Å². The van der Waals surface area contributed by atoms with Gasteiger partial charge in [0, 0.05) is 18.9 Å². The van der Waals surface area contributed by atoms with Crippen LogP contribution in [-0.4, -0.2) is 15.4 Å². The molecule has 0 aliphatic rings. The summed E-state index contributed by atoms with van der Waals surface area (Å²) in [5, 5.41) is 2.00. The van der Waals surface area contributed by atoms with Gasteiger partial charge >= 0.3 is 0 Å². The second-order valence-corrected chi connectivity index (χ2v) is 5.64. The minimum Gasteiger partial charge on any atom is -0.383 e. The zero-order valence-electron chi connectivity index (χ0n) is 11.9. The number of amidine groups is 1. The molecule has 6 heteroatoms. The molecule has 0 bridgehead atoms. The summed E-state index contributed by atoms with van der Waals surface area (Å²) in [6.07, 6.45) is 6.58. The second kappa shape index (κ2) is 8.09. The summed E-state index contributed by atoms with van der Waals surface area (Å²) < 4.78 is 2.07. The van der Waals surface area contributed by atoms with Gasteiger partial charge in [0.05, 0.1) is 16.9 Å². The van der Waals surface area contributed by atoms with Crippen LogP contribution in [0.3, 0.4) is 0 Å². The van der Waals surface area contributed by atoms with E-state index in [1.54, 1.807) is 17.5 Å². The predicted octanol–water partition coefficient (Wildman–Crippen LogP) is 3.84. The molecule has 3 aromatic rings. The van der Waals surface area contributed by atoms with Crippen molar-refractivity contribution in [1.29, 1.82) is 0 Å². The van der Waals surface area contributed by atoms with E-state index in [2.05, 4.69) is 26.7 Å². The van der Waals surface area contributed by atoms with Crippen molar-refractivity contribution >= 4 is 46.8 Å². The number of halogens is 1. The normalized spacial score (nSPS) is 11.2. The molecule has 0 fully saturated rings. The number of nitrogens with zero attached hydrogens (tertiary/aromatic N) is 3. The monoisotopic (exact) mass is 424 g/mol. The Labute approximate surface area is 150 Å². The average molecular weight is 424 g/mol. The minimum absolute atomic E-state index is 0. The predicted molar refractivity (Wildman–Crippen MR) is 102 cm³/mol. The summed E-state index contributed by atoms with van der Waals surface area (Å²) in [6.45, 7) is 0.931. The molecule has 0 aliphatic heterocycles.